The number of aromatic nitrogens is 4. The van der Waals surface area contributed by atoms with Crippen LogP contribution >= 0.6 is 0 Å². The van der Waals surface area contributed by atoms with Gasteiger partial charge in [0.1, 0.15) is 0 Å². The van der Waals surface area contributed by atoms with Gasteiger partial charge in [0, 0.05) is 44.3 Å². The molecule has 0 saturated heterocycles. The van der Waals surface area contributed by atoms with Gasteiger partial charge in [0.25, 0.3) is 0 Å². The average Bonchev–Trinajstić information content (AvgIpc) is 4.28. The molecule has 4 aromatic carbocycles. The van der Waals surface area contributed by atoms with E-state index in [9.17, 15) is 0 Å². The summed E-state index contributed by atoms with van der Waals surface area (Å²) in [6.45, 7) is 0. The Labute approximate surface area is 416 Å². The lowest BCUT2D eigenvalue weighted by atomic mass is 10.0. The van der Waals surface area contributed by atoms with Gasteiger partial charge in [0.2, 0.25) is 23.0 Å². The molecule has 2 aliphatic heterocycles. The minimum absolute atomic E-state index is 0.445. The molecular weight excluding hydrogens is 921 g/mol. The molecule has 16 heteroatoms. The van der Waals surface area contributed by atoms with E-state index in [2.05, 4.69) is 9.97 Å². The molecule has 3 aromatic heterocycles. The number of hydrogen-bond donors (Lipinski definition) is 2. The first-order chi connectivity index (χ1) is 35.1. The fourth-order valence-corrected chi connectivity index (χ4v) is 9.32. The van der Waals surface area contributed by atoms with Crippen molar-refractivity contribution in [2.24, 2.45) is 0 Å². The zero-order valence-corrected chi connectivity index (χ0v) is 42.0. The van der Waals surface area contributed by atoms with Gasteiger partial charge in [0.05, 0.1) is 108 Å². The Kier molecular flexibility index (Phi) is 13.5. The van der Waals surface area contributed by atoms with Crippen molar-refractivity contribution in [3.8, 4) is 114 Å². The quantitative estimate of drug-likeness (QED) is 0.0938. The van der Waals surface area contributed by atoms with Crippen LogP contribution in [0, 0.1) is 0 Å². The maximum absolute atomic E-state index is 5.90. The summed E-state index contributed by atoms with van der Waals surface area (Å²) in [6.07, 6.45) is 7.93. The van der Waals surface area contributed by atoms with Crippen molar-refractivity contribution in [3.63, 3.8) is 0 Å². The van der Waals surface area contributed by atoms with Crippen LogP contribution < -0.4 is 56.8 Å². The smallest absolute Gasteiger partial charge is 0.203 e. The molecule has 370 valence electrons. The molecule has 0 unspecified atom stereocenters. The van der Waals surface area contributed by atoms with Gasteiger partial charge in [-0.15, -0.1) is 0 Å². The van der Waals surface area contributed by atoms with Crippen molar-refractivity contribution in [2.75, 3.05) is 85.3 Å². The molecule has 0 aliphatic carbocycles. The van der Waals surface area contributed by atoms with E-state index in [1.165, 1.54) is 0 Å². The summed E-state index contributed by atoms with van der Waals surface area (Å²) in [5.74, 6) is 5.49. The molecule has 72 heavy (non-hydrogen) atoms. The van der Waals surface area contributed by atoms with Gasteiger partial charge in [-0.3, -0.25) is 0 Å². The first-order valence-electron chi connectivity index (χ1n) is 22.5. The van der Waals surface area contributed by atoms with Gasteiger partial charge in [0.15, 0.2) is 46.0 Å². The molecular formula is C56H54N4O12. The maximum Gasteiger partial charge on any atom is 0.203 e. The highest BCUT2D eigenvalue weighted by molar-refractivity contribution is 6.01. The van der Waals surface area contributed by atoms with Crippen LogP contribution in [0.5, 0.6) is 69.0 Å². The summed E-state index contributed by atoms with van der Waals surface area (Å²) < 4.78 is 70.3. The Balaban J connectivity index is 1.52. The van der Waals surface area contributed by atoms with Crippen molar-refractivity contribution >= 4 is 46.4 Å². The number of H-pyrrole nitrogens is 2. The predicted molar refractivity (Wildman–Crippen MR) is 279 cm³/mol. The van der Waals surface area contributed by atoms with Gasteiger partial charge in [-0.25, -0.2) is 9.97 Å². The first-order valence-corrected chi connectivity index (χ1v) is 22.5. The fourth-order valence-electron chi connectivity index (χ4n) is 9.32. The SMILES string of the molecule is COc1cc(-c2c3nc(c(-c4cc(OC)c(OC)c(OC)c4)c4ccc([nH]4)c(-c4cc(OC)c(OC)c(OC)c4)c4nc(c(-c5cc(OC)c(OC)c(OC)c5)c5ccc2[nH]5)C=C4)C=C3)cc(OC)c1OC. The molecule has 16 nitrogen and oxygen atoms in total. The topological polar surface area (TPSA) is 168 Å². The van der Waals surface area contributed by atoms with E-state index in [0.717, 1.165) is 44.5 Å². The summed E-state index contributed by atoms with van der Waals surface area (Å²) >= 11 is 0. The second-order valence-corrected chi connectivity index (χ2v) is 16.2. The zero-order valence-electron chi connectivity index (χ0n) is 42.0. The molecule has 2 N–H and O–H groups in total. The van der Waals surface area contributed by atoms with Crippen molar-refractivity contribution < 1.29 is 56.8 Å². The number of fused-ring (bicyclic) bond motifs is 8. The molecule has 9 rings (SSSR count). The third-order valence-electron chi connectivity index (χ3n) is 12.6. The first kappa shape index (κ1) is 48.1. The van der Waals surface area contributed by atoms with Crippen LogP contribution in [-0.2, 0) is 0 Å². The summed E-state index contributed by atoms with van der Waals surface area (Å²) in [4.78, 5) is 18.5. The van der Waals surface area contributed by atoms with E-state index in [4.69, 9.17) is 66.8 Å². The summed E-state index contributed by atoms with van der Waals surface area (Å²) in [6, 6.07) is 23.3. The minimum Gasteiger partial charge on any atom is -0.493 e. The lowest BCUT2D eigenvalue weighted by Gasteiger charge is -2.15. The van der Waals surface area contributed by atoms with Crippen LogP contribution in [0.2, 0.25) is 0 Å². The van der Waals surface area contributed by atoms with Crippen LogP contribution in [-0.4, -0.2) is 105 Å². The number of hydrogen-bond acceptors (Lipinski definition) is 14. The van der Waals surface area contributed by atoms with Crippen molar-refractivity contribution in [2.45, 2.75) is 0 Å². The minimum atomic E-state index is 0.445. The number of nitrogens with one attached hydrogen (secondary N) is 2. The highest BCUT2D eigenvalue weighted by Gasteiger charge is 2.25. The maximum atomic E-state index is 5.90. The number of rotatable bonds is 16. The third-order valence-corrected chi connectivity index (χ3v) is 12.6. The molecule has 0 spiro atoms. The van der Waals surface area contributed by atoms with Crippen LogP contribution in [0.25, 0.3) is 90.9 Å². The van der Waals surface area contributed by atoms with Crippen LogP contribution in [0.15, 0.2) is 72.8 Å². The average molecular weight is 975 g/mol. The van der Waals surface area contributed by atoms with Crippen LogP contribution in [0.4, 0.5) is 0 Å². The standard InChI is InChI=1S/C56H54N4O12/c1-61-41-21-29(22-42(62-2)53(41)69-9)49-33-13-15-35(57-33)50(30-23-43(63-3)54(70-10)44(24-30)64-4)37-17-19-39(59-37)52(32-27-47(67-7)56(72-12)48(28-32)68-8)40-20-18-38(60-40)51(36-16-14-34(49)58-36)31-25-45(65-5)55(71-11)46(26-31)66-6/h13-28,57,60H,1-12H3. The molecule has 5 heterocycles. The number of benzene rings is 4. The summed E-state index contributed by atoms with van der Waals surface area (Å²) in [7, 11) is 19.0. The monoisotopic (exact) mass is 974 g/mol. The molecule has 0 saturated carbocycles. The molecule has 7 aromatic rings. The van der Waals surface area contributed by atoms with Crippen LogP contribution in [0.3, 0.4) is 0 Å². The van der Waals surface area contributed by atoms with Gasteiger partial charge in [-0.1, -0.05) is 0 Å². The van der Waals surface area contributed by atoms with Crippen LogP contribution in [0.1, 0.15) is 22.8 Å². The Morgan fingerprint density at radius 1 is 0.264 bits per heavy atom. The summed E-state index contributed by atoms with van der Waals surface area (Å²) in [5.41, 5.74) is 11.2. The number of methoxy groups -OCH3 is 12. The van der Waals surface area contributed by atoms with Gasteiger partial charge >= 0.3 is 0 Å². The number of nitrogens with zero attached hydrogens (tertiary/aromatic N) is 2. The fraction of sp³-hybridized carbons (Fsp3) is 0.214. The largest absolute Gasteiger partial charge is 0.493 e. The second kappa shape index (κ2) is 20.2. The lowest BCUT2D eigenvalue weighted by Crippen LogP contribution is -1.97. The van der Waals surface area contributed by atoms with Crippen molar-refractivity contribution in [1.82, 2.24) is 19.9 Å². The Bertz CT molecular complexity index is 2940. The van der Waals surface area contributed by atoms with E-state index in [1.807, 2.05) is 97.1 Å². The highest BCUT2D eigenvalue weighted by Crippen LogP contribution is 2.49. The van der Waals surface area contributed by atoms with E-state index in [-0.39, 0.29) is 0 Å². The van der Waals surface area contributed by atoms with E-state index in [0.29, 0.717) is 114 Å². The van der Waals surface area contributed by atoms with E-state index in [1.54, 1.807) is 85.3 Å². The lowest BCUT2D eigenvalue weighted by molar-refractivity contribution is 0.324. The van der Waals surface area contributed by atoms with E-state index >= 15 is 0 Å². The van der Waals surface area contributed by atoms with E-state index < -0.39 is 0 Å². The van der Waals surface area contributed by atoms with Gasteiger partial charge < -0.3 is 66.8 Å². The number of ether oxygens (including phenoxy) is 12. The zero-order chi connectivity index (χ0) is 50.8. The Morgan fingerprint density at radius 2 is 0.444 bits per heavy atom. The summed E-state index contributed by atoms with van der Waals surface area (Å²) in [5, 5.41) is 0. The predicted octanol–water partition coefficient (Wildman–Crippen LogP) is 11.4. The second-order valence-electron chi connectivity index (χ2n) is 16.2. The molecule has 2 aliphatic rings. The Morgan fingerprint density at radius 3 is 0.597 bits per heavy atom. The Hall–Kier alpha value is -8.92. The molecule has 0 amide bonds. The van der Waals surface area contributed by atoms with Gasteiger partial charge in [-0.05, 0) is 119 Å². The molecule has 0 radical (unpaired) electrons. The highest BCUT2D eigenvalue weighted by atomic mass is 16.5. The van der Waals surface area contributed by atoms with Crippen molar-refractivity contribution in [1.29, 1.82) is 0 Å². The van der Waals surface area contributed by atoms with Gasteiger partial charge in [-0.2, -0.15) is 0 Å². The third kappa shape index (κ3) is 8.29. The molecule has 0 fully saturated rings. The molecule has 0 atom stereocenters. The normalized spacial score (nSPS) is 11.5. The molecule has 8 bridgehead atoms. The number of aromatic amines is 2. The van der Waals surface area contributed by atoms with Crippen molar-refractivity contribution in [3.05, 3.63) is 95.6 Å².